The van der Waals surface area contributed by atoms with Gasteiger partial charge in [0.15, 0.2) is 11.5 Å². The molecule has 0 radical (unpaired) electrons. The molecule has 1 heterocycles. The summed E-state index contributed by atoms with van der Waals surface area (Å²) in [5.41, 5.74) is 1.55. The Morgan fingerprint density at radius 2 is 1.77 bits per heavy atom. The Bertz CT molecular complexity index is 1090. The van der Waals surface area contributed by atoms with Crippen molar-refractivity contribution in [1.29, 1.82) is 0 Å². The van der Waals surface area contributed by atoms with Crippen molar-refractivity contribution < 1.29 is 22.6 Å². The minimum atomic E-state index is -3.63. The smallest absolute Gasteiger partial charge is 0.243 e. The molecule has 7 nitrogen and oxygen atoms in total. The van der Waals surface area contributed by atoms with Gasteiger partial charge in [-0.1, -0.05) is 0 Å². The molecule has 0 spiro atoms. The van der Waals surface area contributed by atoms with Crippen LogP contribution in [0.4, 0.5) is 0 Å². The van der Waals surface area contributed by atoms with Crippen molar-refractivity contribution in [3.8, 4) is 27.8 Å². The van der Waals surface area contributed by atoms with Crippen molar-refractivity contribution in [2.24, 2.45) is 0 Å². The molecule has 0 saturated heterocycles. The molecule has 160 valence electrons. The van der Waals surface area contributed by atoms with Crippen LogP contribution in [-0.4, -0.2) is 45.6 Å². The van der Waals surface area contributed by atoms with Gasteiger partial charge < -0.3 is 14.2 Å². The maximum absolute atomic E-state index is 12.8. The molecule has 0 unspecified atom stereocenters. The van der Waals surface area contributed by atoms with Gasteiger partial charge in [-0.15, -0.1) is 11.3 Å². The Hall–Kier alpha value is -2.62. The summed E-state index contributed by atoms with van der Waals surface area (Å²) in [6.45, 7) is 2.63. The first-order valence-electron chi connectivity index (χ1n) is 9.25. The van der Waals surface area contributed by atoms with Crippen molar-refractivity contribution in [1.82, 2.24) is 9.29 Å². The summed E-state index contributed by atoms with van der Waals surface area (Å²) < 4.78 is 43.0. The first-order chi connectivity index (χ1) is 14.4. The van der Waals surface area contributed by atoms with E-state index in [1.54, 1.807) is 26.3 Å². The van der Waals surface area contributed by atoms with E-state index in [-0.39, 0.29) is 11.4 Å². The lowest BCUT2D eigenvalue weighted by Crippen LogP contribution is -2.26. The third kappa shape index (κ3) is 4.75. The Morgan fingerprint density at radius 3 is 2.40 bits per heavy atom. The van der Waals surface area contributed by atoms with Crippen molar-refractivity contribution in [3.63, 3.8) is 0 Å². The molecule has 0 aliphatic rings. The van der Waals surface area contributed by atoms with Crippen LogP contribution in [0, 0.1) is 0 Å². The van der Waals surface area contributed by atoms with E-state index in [0.717, 1.165) is 10.6 Å². The van der Waals surface area contributed by atoms with Gasteiger partial charge in [-0.3, -0.25) is 0 Å². The zero-order valence-electron chi connectivity index (χ0n) is 17.3. The average molecular weight is 449 g/mol. The Morgan fingerprint density at radius 1 is 1.03 bits per heavy atom. The van der Waals surface area contributed by atoms with Crippen LogP contribution < -0.4 is 14.2 Å². The maximum atomic E-state index is 12.8. The van der Waals surface area contributed by atoms with E-state index in [0.29, 0.717) is 29.5 Å². The predicted octanol–water partition coefficient (Wildman–Crippen LogP) is 4.05. The van der Waals surface area contributed by atoms with Gasteiger partial charge in [0.05, 0.1) is 38.0 Å². The van der Waals surface area contributed by atoms with E-state index < -0.39 is 10.0 Å². The van der Waals surface area contributed by atoms with Gasteiger partial charge in [0.25, 0.3) is 0 Å². The van der Waals surface area contributed by atoms with Crippen LogP contribution >= 0.6 is 11.3 Å². The molecular formula is C21H24N2O5S2. The van der Waals surface area contributed by atoms with Gasteiger partial charge in [0.2, 0.25) is 10.0 Å². The first kappa shape index (κ1) is 22.1. The average Bonchev–Trinajstić information content (AvgIpc) is 3.22. The molecule has 9 heteroatoms. The molecule has 0 N–H and O–H groups in total. The number of methoxy groups -OCH3 is 2. The largest absolute Gasteiger partial charge is 0.497 e. The van der Waals surface area contributed by atoms with Crippen molar-refractivity contribution in [3.05, 3.63) is 53.5 Å². The molecule has 0 aliphatic heterocycles. The molecule has 0 aliphatic carbocycles. The summed E-state index contributed by atoms with van der Waals surface area (Å²) >= 11 is 1.45. The van der Waals surface area contributed by atoms with Crippen molar-refractivity contribution >= 4 is 21.4 Å². The Kier molecular flexibility index (Phi) is 6.96. The Balaban J connectivity index is 1.77. The molecule has 30 heavy (non-hydrogen) atoms. The molecule has 0 saturated carbocycles. The van der Waals surface area contributed by atoms with Crippen LogP contribution in [0.15, 0.2) is 52.7 Å². The van der Waals surface area contributed by atoms with Crippen molar-refractivity contribution in [2.75, 3.05) is 27.9 Å². The summed E-state index contributed by atoms with van der Waals surface area (Å²) in [6, 6.07) is 11.9. The van der Waals surface area contributed by atoms with Gasteiger partial charge in [-0.2, -0.15) is 4.31 Å². The number of nitrogens with zero attached hydrogens (tertiary/aromatic N) is 2. The highest BCUT2D eigenvalue weighted by molar-refractivity contribution is 7.89. The topological polar surface area (TPSA) is 78.0 Å². The molecule has 1 aromatic heterocycles. The second-order valence-corrected chi connectivity index (χ2v) is 9.28. The fraction of sp³-hybridized carbons (Fsp3) is 0.286. The van der Waals surface area contributed by atoms with Gasteiger partial charge in [0.1, 0.15) is 10.8 Å². The summed E-state index contributed by atoms with van der Waals surface area (Å²) in [4.78, 5) is 4.81. The van der Waals surface area contributed by atoms with Crippen LogP contribution in [0.5, 0.6) is 17.2 Å². The molecular weight excluding hydrogens is 424 g/mol. The number of hydrogen-bond donors (Lipinski definition) is 0. The second-order valence-electron chi connectivity index (χ2n) is 6.38. The van der Waals surface area contributed by atoms with E-state index >= 15 is 0 Å². The number of benzene rings is 2. The zero-order chi connectivity index (χ0) is 21.7. The highest BCUT2D eigenvalue weighted by atomic mass is 32.2. The lowest BCUT2D eigenvalue weighted by atomic mass is 10.2. The van der Waals surface area contributed by atoms with Crippen LogP contribution in [0.25, 0.3) is 10.6 Å². The highest BCUT2D eigenvalue weighted by Gasteiger charge is 2.22. The number of sulfonamides is 1. The molecule has 0 atom stereocenters. The van der Waals surface area contributed by atoms with Crippen LogP contribution in [-0.2, 0) is 16.6 Å². The number of thiazole rings is 1. The molecule has 3 rings (SSSR count). The van der Waals surface area contributed by atoms with Crippen LogP contribution in [0.1, 0.15) is 12.6 Å². The molecule has 0 bridgehead atoms. The van der Waals surface area contributed by atoms with Crippen LogP contribution in [0.2, 0.25) is 0 Å². The normalized spacial score (nSPS) is 11.5. The fourth-order valence-electron chi connectivity index (χ4n) is 2.83. The van der Waals surface area contributed by atoms with Crippen molar-refractivity contribution in [2.45, 2.75) is 18.4 Å². The van der Waals surface area contributed by atoms with Gasteiger partial charge in [-0.25, -0.2) is 13.4 Å². The summed E-state index contributed by atoms with van der Waals surface area (Å²) in [6.07, 6.45) is 0. The lowest BCUT2D eigenvalue weighted by molar-refractivity contribution is 0.311. The van der Waals surface area contributed by atoms with Gasteiger partial charge in [-0.05, 0) is 49.4 Å². The molecule has 0 amide bonds. The Labute approximate surface area is 180 Å². The highest BCUT2D eigenvalue weighted by Crippen LogP contribution is 2.34. The standard InChI is InChI=1S/C21H24N2O5S2/c1-5-28-19-11-6-15(12-20(19)27-4)21-22-16(14-29-21)13-23(2)30(24,25)18-9-7-17(26-3)8-10-18/h6-12,14H,5,13H2,1-4H3. The first-order valence-corrected chi connectivity index (χ1v) is 11.6. The molecule has 0 fully saturated rings. The van der Waals surface area contributed by atoms with E-state index in [1.165, 1.54) is 34.9 Å². The third-order valence-corrected chi connectivity index (χ3v) is 7.17. The number of ether oxygens (including phenoxy) is 3. The van der Waals surface area contributed by atoms with Gasteiger partial charge in [0, 0.05) is 18.0 Å². The molecule has 2 aromatic carbocycles. The second kappa shape index (κ2) is 9.46. The minimum absolute atomic E-state index is 0.166. The van der Waals surface area contributed by atoms with E-state index in [9.17, 15) is 8.42 Å². The van der Waals surface area contributed by atoms with Gasteiger partial charge >= 0.3 is 0 Å². The predicted molar refractivity (Wildman–Crippen MR) is 117 cm³/mol. The maximum Gasteiger partial charge on any atom is 0.243 e. The van der Waals surface area contributed by atoms with E-state index in [1.807, 2.05) is 30.5 Å². The zero-order valence-corrected chi connectivity index (χ0v) is 18.9. The van der Waals surface area contributed by atoms with E-state index in [4.69, 9.17) is 14.2 Å². The third-order valence-electron chi connectivity index (χ3n) is 4.41. The minimum Gasteiger partial charge on any atom is -0.497 e. The summed E-state index contributed by atoms with van der Waals surface area (Å²) in [5, 5.41) is 2.64. The number of aromatic nitrogens is 1. The van der Waals surface area contributed by atoms with E-state index in [2.05, 4.69) is 4.98 Å². The SMILES string of the molecule is CCOc1ccc(-c2nc(CN(C)S(=O)(=O)c3ccc(OC)cc3)cs2)cc1OC. The lowest BCUT2D eigenvalue weighted by Gasteiger charge is -2.16. The number of rotatable bonds is 9. The number of hydrogen-bond acceptors (Lipinski definition) is 7. The summed E-state index contributed by atoms with van der Waals surface area (Å²) in [7, 11) is 1.03. The quantitative estimate of drug-likeness (QED) is 0.492. The fourth-order valence-corrected chi connectivity index (χ4v) is 4.78. The monoisotopic (exact) mass is 448 g/mol. The molecule has 3 aromatic rings. The summed E-state index contributed by atoms with van der Waals surface area (Å²) in [5.74, 6) is 1.91. The van der Waals surface area contributed by atoms with Crippen LogP contribution in [0.3, 0.4) is 0 Å².